The van der Waals surface area contributed by atoms with Crippen molar-refractivity contribution in [3.05, 3.63) is 59.7 Å². The van der Waals surface area contributed by atoms with Gasteiger partial charge in [0.15, 0.2) is 16.6 Å². The average Bonchev–Trinajstić information content (AvgIpc) is 3.22. The van der Waals surface area contributed by atoms with Crippen LogP contribution in [0.25, 0.3) is 0 Å². The van der Waals surface area contributed by atoms with Crippen molar-refractivity contribution in [2.75, 3.05) is 27.3 Å². The highest BCUT2D eigenvalue weighted by molar-refractivity contribution is 7.80. The monoisotopic (exact) mass is 441 g/mol. The molecule has 1 aliphatic rings. The molecule has 7 heteroatoms. The molecule has 1 heterocycles. The van der Waals surface area contributed by atoms with Crippen LogP contribution in [0.5, 0.6) is 11.5 Å². The highest BCUT2D eigenvalue weighted by Gasteiger charge is 2.41. The van der Waals surface area contributed by atoms with Crippen molar-refractivity contribution in [3.63, 3.8) is 0 Å². The molecular formula is C24H31N3O3S. The van der Waals surface area contributed by atoms with Crippen LogP contribution in [0.4, 0.5) is 0 Å². The maximum Gasteiger partial charge on any atom is 0.225 e. The minimum Gasteiger partial charge on any atom is -0.493 e. The third kappa shape index (κ3) is 5.47. The molecule has 0 aliphatic carbocycles. The Labute approximate surface area is 189 Å². The summed E-state index contributed by atoms with van der Waals surface area (Å²) < 4.78 is 11.2. The molecule has 1 amide bonds. The molecule has 166 valence electrons. The molecule has 6 nitrogen and oxygen atoms in total. The van der Waals surface area contributed by atoms with Crippen LogP contribution in [0.3, 0.4) is 0 Å². The van der Waals surface area contributed by atoms with E-state index in [1.54, 1.807) is 14.2 Å². The van der Waals surface area contributed by atoms with Crippen LogP contribution >= 0.6 is 12.2 Å². The molecule has 0 saturated carbocycles. The average molecular weight is 442 g/mol. The molecular weight excluding hydrogens is 410 g/mol. The summed E-state index contributed by atoms with van der Waals surface area (Å²) in [5.41, 5.74) is 2.02. The fourth-order valence-corrected chi connectivity index (χ4v) is 4.39. The van der Waals surface area contributed by atoms with E-state index in [1.165, 1.54) is 0 Å². The number of hydrogen-bond acceptors (Lipinski definition) is 4. The first-order chi connectivity index (χ1) is 14.9. The van der Waals surface area contributed by atoms with Crippen LogP contribution < -0.4 is 20.1 Å². The molecule has 1 saturated heterocycles. The van der Waals surface area contributed by atoms with Crippen molar-refractivity contribution in [2.45, 2.75) is 32.4 Å². The van der Waals surface area contributed by atoms with Crippen molar-refractivity contribution < 1.29 is 14.3 Å². The van der Waals surface area contributed by atoms with Gasteiger partial charge in [0.2, 0.25) is 5.91 Å². The van der Waals surface area contributed by atoms with Crippen molar-refractivity contribution in [3.8, 4) is 11.5 Å². The second-order valence-corrected chi connectivity index (χ2v) is 8.40. The smallest absolute Gasteiger partial charge is 0.225 e. The zero-order chi connectivity index (χ0) is 22.4. The largest absolute Gasteiger partial charge is 0.493 e. The summed E-state index contributed by atoms with van der Waals surface area (Å²) in [6, 6.07) is 15.9. The second kappa shape index (κ2) is 10.5. The highest BCUT2D eigenvalue weighted by Crippen LogP contribution is 2.42. The van der Waals surface area contributed by atoms with E-state index in [1.807, 2.05) is 48.5 Å². The van der Waals surface area contributed by atoms with Crippen molar-refractivity contribution in [1.82, 2.24) is 15.5 Å². The zero-order valence-corrected chi connectivity index (χ0v) is 19.4. The lowest BCUT2D eigenvalue weighted by Gasteiger charge is -2.23. The summed E-state index contributed by atoms with van der Waals surface area (Å²) in [6.45, 7) is 5.77. The number of amides is 1. The molecule has 3 rings (SSSR count). The van der Waals surface area contributed by atoms with Crippen LogP contribution in [-0.4, -0.2) is 49.3 Å². The Bertz CT molecular complexity index is 904. The number of carbonyl (C=O) groups is 1. The summed E-state index contributed by atoms with van der Waals surface area (Å²) in [6.07, 6.45) is 0. The van der Waals surface area contributed by atoms with Crippen LogP contribution in [-0.2, 0) is 11.3 Å². The molecule has 0 aromatic heterocycles. The van der Waals surface area contributed by atoms with E-state index in [0.29, 0.717) is 36.2 Å². The number of ether oxygens (including phenoxy) is 2. The summed E-state index contributed by atoms with van der Waals surface area (Å²) in [5, 5.41) is 7.07. The summed E-state index contributed by atoms with van der Waals surface area (Å²) in [5.74, 6) is 0.989. The van der Waals surface area contributed by atoms with Gasteiger partial charge in [0.1, 0.15) is 0 Å². The van der Waals surface area contributed by atoms with Crippen molar-refractivity contribution in [1.29, 1.82) is 0 Å². The van der Waals surface area contributed by atoms with E-state index in [-0.39, 0.29) is 23.8 Å². The molecule has 1 fully saturated rings. The van der Waals surface area contributed by atoms with Crippen molar-refractivity contribution >= 4 is 23.2 Å². The minimum absolute atomic E-state index is 0.00794. The van der Waals surface area contributed by atoms with Crippen LogP contribution in [0.1, 0.15) is 30.9 Å². The van der Waals surface area contributed by atoms with E-state index in [2.05, 4.69) is 29.4 Å². The van der Waals surface area contributed by atoms with Crippen molar-refractivity contribution in [2.24, 2.45) is 5.92 Å². The van der Waals surface area contributed by atoms with E-state index >= 15 is 0 Å². The molecule has 2 aromatic rings. The van der Waals surface area contributed by atoms with Gasteiger partial charge in [0, 0.05) is 37.2 Å². The Morgan fingerprint density at radius 2 is 1.84 bits per heavy atom. The molecule has 0 bridgehead atoms. The quantitative estimate of drug-likeness (QED) is 0.643. The number of hydrogen-bond donors (Lipinski definition) is 2. The third-order valence-electron chi connectivity index (χ3n) is 5.50. The predicted octanol–water partition coefficient (Wildman–Crippen LogP) is 3.32. The first-order valence-electron chi connectivity index (χ1n) is 10.5. The summed E-state index contributed by atoms with van der Waals surface area (Å²) >= 11 is 5.61. The summed E-state index contributed by atoms with van der Waals surface area (Å²) in [7, 11) is 3.25. The van der Waals surface area contributed by atoms with Gasteiger partial charge in [-0.05, 0) is 37.7 Å². The molecule has 2 atom stereocenters. The van der Waals surface area contributed by atoms with E-state index < -0.39 is 0 Å². The molecule has 2 aromatic carbocycles. The lowest BCUT2D eigenvalue weighted by molar-refractivity contribution is -0.125. The Balaban J connectivity index is 1.86. The lowest BCUT2D eigenvalue weighted by Crippen LogP contribution is -2.42. The van der Waals surface area contributed by atoms with Gasteiger partial charge < -0.3 is 25.0 Å². The number of methoxy groups -OCH3 is 2. The molecule has 0 spiro atoms. The van der Waals surface area contributed by atoms with Gasteiger partial charge >= 0.3 is 0 Å². The van der Waals surface area contributed by atoms with Crippen LogP contribution in [0.2, 0.25) is 0 Å². The third-order valence-corrected chi connectivity index (χ3v) is 5.87. The van der Waals surface area contributed by atoms with E-state index in [0.717, 1.165) is 11.1 Å². The number of para-hydroxylation sites is 1. The van der Waals surface area contributed by atoms with Gasteiger partial charge in [-0.1, -0.05) is 42.5 Å². The SMILES string of the molecule is COc1cccc([C@H]2CN(C(=S)NC(C)C)C[C@H]2C(=O)NCc2ccccc2)c1OC. The fraction of sp³-hybridized carbons (Fsp3) is 0.417. The van der Waals surface area contributed by atoms with Crippen LogP contribution in [0, 0.1) is 5.92 Å². The second-order valence-electron chi connectivity index (χ2n) is 8.01. The van der Waals surface area contributed by atoms with Gasteiger partial charge in [-0.25, -0.2) is 0 Å². The highest BCUT2D eigenvalue weighted by atomic mass is 32.1. The molecule has 0 radical (unpaired) electrons. The Kier molecular flexibility index (Phi) is 7.74. The number of nitrogens with zero attached hydrogens (tertiary/aromatic N) is 1. The lowest BCUT2D eigenvalue weighted by atomic mass is 9.87. The van der Waals surface area contributed by atoms with Gasteiger partial charge in [-0.2, -0.15) is 0 Å². The topological polar surface area (TPSA) is 62.8 Å². The van der Waals surface area contributed by atoms with Gasteiger partial charge in [0.25, 0.3) is 0 Å². The maximum atomic E-state index is 13.3. The Morgan fingerprint density at radius 3 is 2.48 bits per heavy atom. The minimum atomic E-state index is -0.267. The number of likely N-dealkylation sites (tertiary alicyclic amines) is 1. The fourth-order valence-electron chi connectivity index (χ4n) is 4.01. The first-order valence-corrected chi connectivity index (χ1v) is 10.9. The molecule has 0 unspecified atom stereocenters. The van der Waals surface area contributed by atoms with Gasteiger partial charge in [-0.15, -0.1) is 0 Å². The predicted molar refractivity (Wildman–Crippen MR) is 127 cm³/mol. The Morgan fingerprint density at radius 1 is 1.10 bits per heavy atom. The molecule has 2 N–H and O–H groups in total. The van der Waals surface area contributed by atoms with Gasteiger partial charge in [-0.3, -0.25) is 4.79 Å². The number of rotatable bonds is 7. The number of benzene rings is 2. The standard InChI is InChI=1S/C24H31N3O3S/c1-16(2)26-24(31)27-14-19(18-11-8-12-21(29-3)22(18)30-4)20(15-27)23(28)25-13-17-9-6-5-7-10-17/h5-12,16,19-20H,13-15H2,1-4H3,(H,25,28)(H,26,31)/t19-,20-/m1/s1. The van der Waals surface area contributed by atoms with E-state index in [4.69, 9.17) is 21.7 Å². The number of nitrogens with one attached hydrogen (secondary N) is 2. The zero-order valence-electron chi connectivity index (χ0n) is 18.6. The van der Waals surface area contributed by atoms with Crippen LogP contribution in [0.15, 0.2) is 48.5 Å². The number of thiocarbonyl (C=S) groups is 1. The number of carbonyl (C=O) groups excluding carboxylic acids is 1. The van der Waals surface area contributed by atoms with E-state index in [9.17, 15) is 4.79 Å². The van der Waals surface area contributed by atoms with Gasteiger partial charge in [0.05, 0.1) is 20.1 Å². The molecule has 31 heavy (non-hydrogen) atoms. The molecule has 1 aliphatic heterocycles. The summed E-state index contributed by atoms with van der Waals surface area (Å²) in [4.78, 5) is 15.3. The first kappa shape index (κ1) is 22.9. The Hall–Kier alpha value is -2.80. The maximum absolute atomic E-state index is 13.3. The normalized spacial score (nSPS) is 18.0.